The van der Waals surface area contributed by atoms with Crippen molar-refractivity contribution >= 4 is 5.69 Å². The number of hydrogen-bond donors (Lipinski definition) is 1. The standard InChI is InChI=1S/C13H21FN2/c1-4-11(5-2)16(3)13-7-6-10(9-15)8-12(13)14/h6-8,11H,4-5,9,15H2,1-3H3. The van der Waals surface area contributed by atoms with Crippen molar-refractivity contribution in [2.24, 2.45) is 5.73 Å². The fourth-order valence-corrected chi connectivity index (χ4v) is 2.00. The van der Waals surface area contributed by atoms with Crippen LogP contribution in [-0.4, -0.2) is 13.1 Å². The second-order valence-corrected chi connectivity index (χ2v) is 4.07. The molecule has 0 unspecified atom stereocenters. The maximum atomic E-state index is 13.8. The van der Waals surface area contributed by atoms with Crippen LogP contribution < -0.4 is 10.6 Å². The molecule has 2 N–H and O–H groups in total. The number of halogens is 1. The lowest BCUT2D eigenvalue weighted by Crippen LogP contribution is -2.31. The van der Waals surface area contributed by atoms with Crippen LogP contribution in [0.15, 0.2) is 18.2 Å². The predicted molar refractivity (Wildman–Crippen MR) is 67.1 cm³/mol. The summed E-state index contributed by atoms with van der Waals surface area (Å²) in [5.74, 6) is -0.183. The summed E-state index contributed by atoms with van der Waals surface area (Å²) in [6.45, 7) is 4.62. The first-order chi connectivity index (χ1) is 7.63. The second kappa shape index (κ2) is 5.85. The molecule has 1 aromatic carbocycles. The summed E-state index contributed by atoms with van der Waals surface area (Å²) in [4.78, 5) is 2.01. The molecule has 0 aromatic heterocycles. The van der Waals surface area contributed by atoms with Crippen molar-refractivity contribution in [1.82, 2.24) is 0 Å². The average molecular weight is 224 g/mol. The van der Waals surface area contributed by atoms with E-state index in [1.165, 1.54) is 6.07 Å². The van der Waals surface area contributed by atoms with Crippen LogP contribution in [0.25, 0.3) is 0 Å². The quantitative estimate of drug-likeness (QED) is 0.833. The van der Waals surface area contributed by atoms with Gasteiger partial charge in [0.05, 0.1) is 5.69 Å². The lowest BCUT2D eigenvalue weighted by Gasteiger charge is -2.28. The largest absolute Gasteiger partial charge is 0.369 e. The van der Waals surface area contributed by atoms with Crippen molar-refractivity contribution in [3.63, 3.8) is 0 Å². The van der Waals surface area contributed by atoms with E-state index in [1.807, 2.05) is 24.1 Å². The number of benzene rings is 1. The van der Waals surface area contributed by atoms with Crippen LogP contribution in [0.5, 0.6) is 0 Å². The van der Waals surface area contributed by atoms with Crippen molar-refractivity contribution in [3.05, 3.63) is 29.6 Å². The van der Waals surface area contributed by atoms with Crippen molar-refractivity contribution in [2.45, 2.75) is 39.3 Å². The van der Waals surface area contributed by atoms with Gasteiger partial charge in [0.25, 0.3) is 0 Å². The molecule has 0 saturated heterocycles. The van der Waals surface area contributed by atoms with Gasteiger partial charge in [0, 0.05) is 19.6 Å². The molecule has 2 nitrogen and oxygen atoms in total. The number of nitrogens with two attached hydrogens (primary N) is 1. The summed E-state index contributed by atoms with van der Waals surface area (Å²) in [6.07, 6.45) is 2.04. The fourth-order valence-electron chi connectivity index (χ4n) is 2.00. The van der Waals surface area contributed by atoms with E-state index in [4.69, 9.17) is 5.73 Å². The highest BCUT2D eigenvalue weighted by atomic mass is 19.1. The lowest BCUT2D eigenvalue weighted by atomic mass is 10.1. The van der Waals surface area contributed by atoms with Gasteiger partial charge < -0.3 is 10.6 Å². The van der Waals surface area contributed by atoms with E-state index in [0.717, 1.165) is 18.4 Å². The van der Waals surface area contributed by atoms with E-state index >= 15 is 0 Å². The van der Waals surface area contributed by atoms with E-state index in [2.05, 4.69) is 13.8 Å². The summed E-state index contributed by atoms with van der Waals surface area (Å²) >= 11 is 0. The van der Waals surface area contributed by atoms with E-state index in [9.17, 15) is 4.39 Å². The van der Waals surface area contributed by atoms with Gasteiger partial charge in [-0.3, -0.25) is 0 Å². The van der Waals surface area contributed by atoms with Crippen molar-refractivity contribution in [2.75, 3.05) is 11.9 Å². The molecule has 3 heteroatoms. The minimum atomic E-state index is -0.183. The Hall–Kier alpha value is -1.09. The normalized spacial score (nSPS) is 10.9. The van der Waals surface area contributed by atoms with Gasteiger partial charge in [-0.2, -0.15) is 0 Å². The molecule has 90 valence electrons. The molecule has 0 amide bonds. The average Bonchev–Trinajstić information content (AvgIpc) is 2.30. The van der Waals surface area contributed by atoms with Gasteiger partial charge in [-0.1, -0.05) is 19.9 Å². The Balaban J connectivity index is 2.95. The molecule has 0 fully saturated rings. The van der Waals surface area contributed by atoms with E-state index in [0.29, 0.717) is 18.3 Å². The highest BCUT2D eigenvalue weighted by Gasteiger charge is 2.14. The molecule has 0 aliphatic heterocycles. The molecular formula is C13H21FN2. The molecule has 0 aliphatic carbocycles. The third-order valence-electron chi connectivity index (χ3n) is 3.12. The van der Waals surface area contributed by atoms with Crippen molar-refractivity contribution in [3.8, 4) is 0 Å². The van der Waals surface area contributed by atoms with Crippen LogP contribution in [0.2, 0.25) is 0 Å². The molecule has 0 radical (unpaired) electrons. The Morgan fingerprint density at radius 3 is 2.38 bits per heavy atom. The minimum absolute atomic E-state index is 0.183. The third kappa shape index (κ3) is 2.73. The number of rotatable bonds is 5. The number of hydrogen-bond acceptors (Lipinski definition) is 2. The van der Waals surface area contributed by atoms with Crippen molar-refractivity contribution < 1.29 is 4.39 Å². The Labute approximate surface area is 97.3 Å². The monoisotopic (exact) mass is 224 g/mol. The summed E-state index contributed by atoms with van der Waals surface area (Å²) in [5.41, 5.74) is 6.97. The van der Waals surface area contributed by atoms with Gasteiger partial charge in [0.1, 0.15) is 5.82 Å². The number of anilines is 1. The molecule has 0 spiro atoms. The molecule has 16 heavy (non-hydrogen) atoms. The summed E-state index contributed by atoms with van der Waals surface area (Å²) in [5, 5.41) is 0. The molecule has 1 aromatic rings. The Bertz CT molecular complexity index is 335. The minimum Gasteiger partial charge on any atom is -0.369 e. The van der Waals surface area contributed by atoms with Gasteiger partial charge in [-0.25, -0.2) is 4.39 Å². The fraction of sp³-hybridized carbons (Fsp3) is 0.538. The maximum Gasteiger partial charge on any atom is 0.146 e. The van der Waals surface area contributed by atoms with E-state index in [-0.39, 0.29) is 5.82 Å². The van der Waals surface area contributed by atoms with Crippen LogP contribution in [0.1, 0.15) is 32.3 Å². The molecule has 0 saturated carbocycles. The zero-order valence-electron chi connectivity index (χ0n) is 10.3. The van der Waals surface area contributed by atoms with Gasteiger partial charge in [0.15, 0.2) is 0 Å². The highest BCUT2D eigenvalue weighted by molar-refractivity contribution is 5.49. The topological polar surface area (TPSA) is 29.3 Å². The van der Waals surface area contributed by atoms with Crippen molar-refractivity contribution in [1.29, 1.82) is 0 Å². The molecule has 0 aliphatic rings. The van der Waals surface area contributed by atoms with Crippen LogP contribution >= 0.6 is 0 Å². The summed E-state index contributed by atoms with van der Waals surface area (Å²) in [7, 11) is 1.94. The lowest BCUT2D eigenvalue weighted by molar-refractivity contribution is 0.565. The highest BCUT2D eigenvalue weighted by Crippen LogP contribution is 2.23. The number of nitrogens with zero attached hydrogens (tertiary/aromatic N) is 1. The zero-order chi connectivity index (χ0) is 12.1. The van der Waals surface area contributed by atoms with Gasteiger partial charge in [-0.05, 0) is 30.5 Å². The first kappa shape index (κ1) is 13.0. The van der Waals surface area contributed by atoms with Crippen LogP contribution in [-0.2, 0) is 6.54 Å². The first-order valence-corrected chi connectivity index (χ1v) is 5.85. The molecule has 0 heterocycles. The molecule has 0 bridgehead atoms. The van der Waals surface area contributed by atoms with Gasteiger partial charge in [0.2, 0.25) is 0 Å². The second-order valence-electron chi connectivity index (χ2n) is 4.07. The predicted octanol–water partition coefficient (Wildman–Crippen LogP) is 2.91. The Morgan fingerprint density at radius 2 is 1.94 bits per heavy atom. The molecule has 1 rings (SSSR count). The van der Waals surface area contributed by atoms with Gasteiger partial charge >= 0.3 is 0 Å². The first-order valence-electron chi connectivity index (χ1n) is 5.85. The van der Waals surface area contributed by atoms with E-state index < -0.39 is 0 Å². The van der Waals surface area contributed by atoms with Crippen LogP contribution in [0.4, 0.5) is 10.1 Å². The van der Waals surface area contributed by atoms with Crippen LogP contribution in [0, 0.1) is 5.82 Å². The van der Waals surface area contributed by atoms with Gasteiger partial charge in [-0.15, -0.1) is 0 Å². The smallest absolute Gasteiger partial charge is 0.146 e. The Morgan fingerprint density at radius 1 is 1.31 bits per heavy atom. The summed E-state index contributed by atoms with van der Waals surface area (Å²) in [6, 6.07) is 5.61. The van der Waals surface area contributed by atoms with Crippen LogP contribution in [0.3, 0.4) is 0 Å². The van der Waals surface area contributed by atoms with E-state index in [1.54, 1.807) is 0 Å². The molecular weight excluding hydrogens is 203 g/mol. The Kier molecular flexibility index (Phi) is 4.74. The maximum absolute atomic E-state index is 13.8. The zero-order valence-corrected chi connectivity index (χ0v) is 10.3. The summed E-state index contributed by atoms with van der Waals surface area (Å²) < 4.78 is 13.8. The SMILES string of the molecule is CCC(CC)N(C)c1ccc(CN)cc1F. The third-order valence-corrected chi connectivity index (χ3v) is 3.12. The molecule has 0 atom stereocenters.